The Labute approximate surface area is 126 Å². The van der Waals surface area contributed by atoms with E-state index in [4.69, 9.17) is 0 Å². The zero-order valence-electron chi connectivity index (χ0n) is 12.4. The van der Waals surface area contributed by atoms with Crippen LogP contribution in [0.4, 0.5) is 0 Å². The summed E-state index contributed by atoms with van der Waals surface area (Å²) in [7, 11) is 0. The van der Waals surface area contributed by atoms with Gasteiger partial charge in [0.15, 0.2) is 0 Å². The number of rotatable bonds is 4. The highest BCUT2D eigenvalue weighted by Gasteiger charge is 2.20. The molecule has 0 radical (unpaired) electrons. The van der Waals surface area contributed by atoms with Gasteiger partial charge in [0.1, 0.15) is 0 Å². The fourth-order valence-corrected chi connectivity index (χ4v) is 3.95. The van der Waals surface area contributed by atoms with Gasteiger partial charge in [-0.15, -0.1) is 11.3 Å². The second-order valence-corrected chi connectivity index (χ2v) is 7.02. The molecule has 1 N–H and O–H groups in total. The van der Waals surface area contributed by atoms with Gasteiger partial charge in [0.05, 0.1) is 0 Å². The molecule has 1 aromatic carbocycles. The molecule has 1 unspecified atom stereocenters. The van der Waals surface area contributed by atoms with Gasteiger partial charge < -0.3 is 5.32 Å². The summed E-state index contributed by atoms with van der Waals surface area (Å²) in [4.78, 5) is 1.59. The molecule has 0 fully saturated rings. The van der Waals surface area contributed by atoms with Crippen LogP contribution in [0.2, 0.25) is 0 Å². The Kier molecular flexibility index (Phi) is 4.23. The number of thiophene rings is 1. The van der Waals surface area contributed by atoms with Gasteiger partial charge >= 0.3 is 0 Å². The zero-order valence-corrected chi connectivity index (χ0v) is 13.2. The lowest BCUT2D eigenvalue weighted by molar-refractivity contribution is 0.463. The van der Waals surface area contributed by atoms with E-state index in [1.54, 1.807) is 10.4 Å². The highest BCUT2D eigenvalue weighted by atomic mass is 32.1. The normalized spacial score (nSPS) is 18.2. The molecule has 0 spiro atoms. The summed E-state index contributed by atoms with van der Waals surface area (Å²) >= 11 is 1.92. The monoisotopic (exact) mass is 285 g/mol. The van der Waals surface area contributed by atoms with Gasteiger partial charge in [-0.05, 0) is 53.3 Å². The lowest BCUT2D eigenvalue weighted by atomic mass is 9.94. The van der Waals surface area contributed by atoms with Crippen molar-refractivity contribution in [2.24, 2.45) is 0 Å². The Hall–Kier alpha value is -1.12. The minimum absolute atomic E-state index is 0.551. The minimum atomic E-state index is 0.551. The molecule has 0 saturated carbocycles. The molecule has 1 aromatic heterocycles. The molecule has 2 aromatic rings. The molecule has 3 rings (SSSR count). The Morgan fingerprint density at radius 3 is 2.75 bits per heavy atom. The molecule has 0 amide bonds. The van der Waals surface area contributed by atoms with Crippen LogP contribution < -0.4 is 5.32 Å². The van der Waals surface area contributed by atoms with Gasteiger partial charge in [-0.1, -0.05) is 38.1 Å². The number of hydrogen-bond donors (Lipinski definition) is 1. The predicted molar refractivity (Wildman–Crippen MR) is 87.4 cm³/mol. The van der Waals surface area contributed by atoms with E-state index < -0.39 is 0 Å². The van der Waals surface area contributed by atoms with E-state index in [2.05, 4.69) is 54.9 Å². The SMILES string of the molecule is CC(C)c1ccc(CNC2CCCc3sccc32)cc1. The fourth-order valence-electron chi connectivity index (χ4n) is 2.96. The van der Waals surface area contributed by atoms with Crippen molar-refractivity contribution in [3.8, 4) is 0 Å². The molecule has 1 aliphatic rings. The lowest BCUT2D eigenvalue weighted by Crippen LogP contribution is -2.23. The Morgan fingerprint density at radius 1 is 1.20 bits per heavy atom. The molecule has 0 saturated heterocycles. The molecule has 0 aliphatic heterocycles. The van der Waals surface area contributed by atoms with Crippen LogP contribution in [0.25, 0.3) is 0 Å². The molecule has 1 heterocycles. The van der Waals surface area contributed by atoms with Crippen LogP contribution in [0.3, 0.4) is 0 Å². The van der Waals surface area contributed by atoms with E-state index in [9.17, 15) is 0 Å². The molecular weight excluding hydrogens is 262 g/mol. The van der Waals surface area contributed by atoms with Gasteiger partial charge in [-0.2, -0.15) is 0 Å². The van der Waals surface area contributed by atoms with Crippen molar-refractivity contribution in [3.05, 3.63) is 57.3 Å². The van der Waals surface area contributed by atoms with Crippen molar-refractivity contribution in [2.75, 3.05) is 0 Å². The molecule has 2 heteroatoms. The van der Waals surface area contributed by atoms with Gasteiger partial charge in [-0.3, -0.25) is 0 Å². The first-order valence-electron chi connectivity index (χ1n) is 7.62. The van der Waals surface area contributed by atoms with E-state index in [1.165, 1.54) is 30.4 Å². The van der Waals surface area contributed by atoms with Gasteiger partial charge in [0.2, 0.25) is 0 Å². The first-order chi connectivity index (χ1) is 9.74. The average Bonchev–Trinajstić information content (AvgIpc) is 2.94. The number of hydrogen-bond acceptors (Lipinski definition) is 2. The van der Waals surface area contributed by atoms with Crippen LogP contribution in [0.1, 0.15) is 60.2 Å². The minimum Gasteiger partial charge on any atom is -0.306 e. The van der Waals surface area contributed by atoms with Crippen molar-refractivity contribution >= 4 is 11.3 Å². The lowest BCUT2D eigenvalue weighted by Gasteiger charge is -2.24. The van der Waals surface area contributed by atoms with Crippen molar-refractivity contribution < 1.29 is 0 Å². The van der Waals surface area contributed by atoms with Gasteiger partial charge in [0, 0.05) is 17.5 Å². The number of fused-ring (bicyclic) bond motifs is 1. The van der Waals surface area contributed by atoms with Crippen LogP contribution in [0.5, 0.6) is 0 Å². The number of nitrogens with one attached hydrogen (secondary N) is 1. The van der Waals surface area contributed by atoms with Crippen molar-refractivity contribution in [1.82, 2.24) is 5.32 Å². The van der Waals surface area contributed by atoms with Crippen LogP contribution >= 0.6 is 11.3 Å². The highest BCUT2D eigenvalue weighted by Crippen LogP contribution is 2.33. The summed E-state index contributed by atoms with van der Waals surface area (Å²) in [5.74, 6) is 0.615. The largest absolute Gasteiger partial charge is 0.306 e. The summed E-state index contributed by atoms with van der Waals surface area (Å²) in [6, 6.07) is 11.9. The van der Waals surface area contributed by atoms with Crippen LogP contribution in [0.15, 0.2) is 35.7 Å². The maximum absolute atomic E-state index is 3.74. The molecule has 0 bridgehead atoms. The molecule has 20 heavy (non-hydrogen) atoms. The fraction of sp³-hybridized carbons (Fsp3) is 0.444. The summed E-state index contributed by atoms with van der Waals surface area (Å²) in [5, 5.41) is 5.97. The summed E-state index contributed by atoms with van der Waals surface area (Å²) in [6.07, 6.45) is 3.86. The average molecular weight is 285 g/mol. The van der Waals surface area contributed by atoms with E-state index >= 15 is 0 Å². The third kappa shape index (κ3) is 2.97. The maximum Gasteiger partial charge on any atom is 0.0334 e. The molecule has 1 aliphatic carbocycles. The quantitative estimate of drug-likeness (QED) is 0.830. The molecule has 1 nitrogen and oxygen atoms in total. The zero-order chi connectivity index (χ0) is 13.9. The van der Waals surface area contributed by atoms with Crippen molar-refractivity contribution in [3.63, 3.8) is 0 Å². The summed E-state index contributed by atoms with van der Waals surface area (Å²) in [5.41, 5.74) is 4.35. The van der Waals surface area contributed by atoms with E-state index in [1.807, 2.05) is 11.3 Å². The number of benzene rings is 1. The van der Waals surface area contributed by atoms with Crippen LogP contribution in [-0.4, -0.2) is 0 Å². The Bertz CT molecular complexity index is 553. The van der Waals surface area contributed by atoms with Crippen LogP contribution in [0, 0.1) is 0 Å². The highest BCUT2D eigenvalue weighted by molar-refractivity contribution is 7.10. The third-order valence-corrected chi connectivity index (χ3v) is 5.25. The summed E-state index contributed by atoms with van der Waals surface area (Å²) in [6.45, 7) is 5.46. The first-order valence-corrected chi connectivity index (χ1v) is 8.50. The molecule has 1 atom stereocenters. The standard InChI is InChI=1S/C18H23NS/c1-13(2)15-8-6-14(7-9-15)12-19-17-4-3-5-18-16(17)10-11-20-18/h6-11,13,17,19H,3-5,12H2,1-2H3. The topological polar surface area (TPSA) is 12.0 Å². The van der Waals surface area contributed by atoms with Gasteiger partial charge in [-0.25, -0.2) is 0 Å². The van der Waals surface area contributed by atoms with Crippen LogP contribution in [-0.2, 0) is 13.0 Å². The predicted octanol–water partition coefficient (Wildman–Crippen LogP) is 5.04. The van der Waals surface area contributed by atoms with E-state index in [0.29, 0.717) is 12.0 Å². The van der Waals surface area contributed by atoms with E-state index in [0.717, 1.165) is 6.54 Å². The van der Waals surface area contributed by atoms with Crippen molar-refractivity contribution in [1.29, 1.82) is 0 Å². The number of aryl methyl sites for hydroxylation is 1. The van der Waals surface area contributed by atoms with Gasteiger partial charge in [0.25, 0.3) is 0 Å². The van der Waals surface area contributed by atoms with Crippen molar-refractivity contribution in [2.45, 2.75) is 51.6 Å². The molecule has 106 valence electrons. The summed E-state index contributed by atoms with van der Waals surface area (Å²) < 4.78 is 0. The second kappa shape index (κ2) is 6.11. The maximum atomic E-state index is 3.74. The Balaban J connectivity index is 1.63. The smallest absolute Gasteiger partial charge is 0.0334 e. The molecular formula is C18H23NS. The van der Waals surface area contributed by atoms with E-state index in [-0.39, 0.29) is 0 Å². The first kappa shape index (κ1) is 13.8. The Morgan fingerprint density at radius 2 is 2.00 bits per heavy atom. The second-order valence-electron chi connectivity index (χ2n) is 6.02. The third-order valence-electron chi connectivity index (χ3n) is 4.25.